The average molecular weight is 275 g/mol. The van der Waals surface area contributed by atoms with E-state index < -0.39 is 0 Å². The summed E-state index contributed by atoms with van der Waals surface area (Å²) in [6, 6.07) is 5.91. The predicted octanol–water partition coefficient (Wildman–Crippen LogP) is 3.51. The maximum Gasteiger partial charge on any atom is 0.129 e. The third kappa shape index (κ3) is 4.10. The van der Waals surface area contributed by atoms with Crippen molar-refractivity contribution in [2.24, 2.45) is 0 Å². The molecule has 1 N–H and O–H groups in total. The van der Waals surface area contributed by atoms with E-state index in [1.54, 1.807) is 17.5 Å². The number of nitrogens with zero attached hydrogens (tertiary/aromatic N) is 1. The number of thiophene rings is 1. The first-order valence-electron chi connectivity index (χ1n) is 4.67. The Morgan fingerprint density at radius 1 is 1.19 bits per heavy atom. The number of rotatable bonds is 4. The van der Waals surface area contributed by atoms with Crippen molar-refractivity contribution in [3.63, 3.8) is 0 Å². The van der Waals surface area contributed by atoms with Crippen molar-refractivity contribution in [3.05, 3.63) is 51.4 Å². The van der Waals surface area contributed by atoms with Crippen LogP contribution in [-0.4, -0.2) is 4.98 Å². The lowest BCUT2D eigenvalue weighted by Crippen LogP contribution is -2.12. The van der Waals surface area contributed by atoms with Crippen molar-refractivity contribution in [1.82, 2.24) is 10.3 Å². The molecular formula is C11H12Cl2N2S. The second-order valence-electron chi connectivity index (χ2n) is 3.22. The summed E-state index contributed by atoms with van der Waals surface area (Å²) >= 11 is 7.41. The van der Waals surface area contributed by atoms with E-state index >= 15 is 0 Å². The smallest absolute Gasteiger partial charge is 0.129 e. The highest BCUT2D eigenvalue weighted by molar-refractivity contribution is 7.07. The lowest BCUT2D eigenvalue weighted by Gasteiger charge is -2.02. The van der Waals surface area contributed by atoms with Crippen LogP contribution in [0.1, 0.15) is 11.1 Å². The van der Waals surface area contributed by atoms with Gasteiger partial charge in [-0.15, -0.1) is 12.4 Å². The summed E-state index contributed by atoms with van der Waals surface area (Å²) < 4.78 is 0. The SMILES string of the molecule is Cl.Clc1ccc(CNCc2ccsc2)cn1. The minimum Gasteiger partial charge on any atom is -0.309 e. The number of aromatic nitrogens is 1. The Morgan fingerprint density at radius 2 is 2.00 bits per heavy atom. The highest BCUT2D eigenvalue weighted by Crippen LogP contribution is 2.07. The van der Waals surface area contributed by atoms with Gasteiger partial charge in [0.15, 0.2) is 0 Å². The molecule has 2 heterocycles. The Labute approximate surface area is 110 Å². The van der Waals surface area contributed by atoms with Crippen LogP contribution >= 0.6 is 35.3 Å². The highest BCUT2D eigenvalue weighted by Gasteiger charge is 1.95. The van der Waals surface area contributed by atoms with Crippen LogP contribution in [0.2, 0.25) is 5.15 Å². The number of hydrogen-bond acceptors (Lipinski definition) is 3. The van der Waals surface area contributed by atoms with Gasteiger partial charge in [-0.3, -0.25) is 0 Å². The van der Waals surface area contributed by atoms with E-state index in [9.17, 15) is 0 Å². The Hall–Kier alpha value is -0.610. The molecule has 16 heavy (non-hydrogen) atoms. The molecule has 2 rings (SSSR count). The van der Waals surface area contributed by atoms with E-state index in [0.717, 1.165) is 18.7 Å². The zero-order valence-electron chi connectivity index (χ0n) is 8.52. The van der Waals surface area contributed by atoms with Gasteiger partial charge in [-0.2, -0.15) is 11.3 Å². The summed E-state index contributed by atoms with van der Waals surface area (Å²) in [7, 11) is 0. The molecule has 2 nitrogen and oxygen atoms in total. The van der Waals surface area contributed by atoms with Gasteiger partial charge < -0.3 is 5.32 Å². The van der Waals surface area contributed by atoms with E-state index in [1.807, 2.05) is 12.1 Å². The van der Waals surface area contributed by atoms with Crippen molar-refractivity contribution in [1.29, 1.82) is 0 Å². The Bertz CT molecular complexity index is 400. The van der Waals surface area contributed by atoms with Crippen LogP contribution in [-0.2, 0) is 13.1 Å². The normalized spacial score (nSPS) is 9.81. The Balaban J connectivity index is 0.00000128. The molecule has 0 unspecified atom stereocenters. The second kappa shape index (κ2) is 6.86. The molecule has 5 heteroatoms. The van der Waals surface area contributed by atoms with E-state index in [-0.39, 0.29) is 12.4 Å². The zero-order chi connectivity index (χ0) is 10.5. The van der Waals surface area contributed by atoms with Crippen LogP contribution in [0.3, 0.4) is 0 Å². The number of pyridine rings is 1. The molecule has 0 amide bonds. The second-order valence-corrected chi connectivity index (χ2v) is 4.39. The van der Waals surface area contributed by atoms with Gasteiger partial charge in [0.25, 0.3) is 0 Å². The number of nitrogens with one attached hydrogen (secondary N) is 1. The van der Waals surface area contributed by atoms with Crippen LogP contribution in [0.25, 0.3) is 0 Å². The van der Waals surface area contributed by atoms with Gasteiger partial charge in [0.1, 0.15) is 5.15 Å². The summed E-state index contributed by atoms with van der Waals surface area (Å²) in [6.07, 6.45) is 1.79. The van der Waals surface area contributed by atoms with Gasteiger partial charge in [-0.1, -0.05) is 17.7 Å². The summed E-state index contributed by atoms with van der Waals surface area (Å²) in [4.78, 5) is 4.02. The largest absolute Gasteiger partial charge is 0.309 e. The van der Waals surface area contributed by atoms with Gasteiger partial charge in [0, 0.05) is 19.3 Å². The highest BCUT2D eigenvalue weighted by atomic mass is 35.5. The van der Waals surface area contributed by atoms with Gasteiger partial charge in [-0.05, 0) is 34.0 Å². The molecule has 2 aromatic rings. The lowest BCUT2D eigenvalue weighted by atomic mass is 10.3. The fourth-order valence-corrected chi connectivity index (χ4v) is 2.04. The van der Waals surface area contributed by atoms with Gasteiger partial charge in [-0.25, -0.2) is 4.98 Å². The molecule has 0 saturated carbocycles. The third-order valence-electron chi connectivity index (χ3n) is 2.03. The molecule has 0 aliphatic heterocycles. The molecule has 0 radical (unpaired) electrons. The monoisotopic (exact) mass is 274 g/mol. The molecule has 86 valence electrons. The first kappa shape index (κ1) is 13.5. The van der Waals surface area contributed by atoms with Crippen LogP contribution in [0.5, 0.6) is 0 Å². The van der Waals surface area contributed by atoms with Crippen molar-refractivity contribution in [2.45, 2.75) is 13.1 Å². The maximum atomic E-state index is 5.70. The summed E-state index contributed by atoms with van der Waals surface area (Å²) in [6.45, 7) is 1.71. The minimum absolute atomic E-state index is 0. The average Bonchev–Trinajstić information content (AvgIpc) is 2.74. The molecule has 0 aliphatic rings. The summed E-state index contributed by atoms with van der Waals surface area (Å²) in [5.74, 6) is 0. The van der Waals surface area contributed by atoms with E-state index in [0.29, 0.717) is 5.15 Å². The van der Waals surface area contributed by atoms with Crippen molar-refractivity contribution >= 4 is 35.3 Å². The molecular weight excluding hydrogens is 263 g/mol. The van der Waals surface area contributed by atoms with Gasteiger partial charge >= 0.3 is 0 Å². The zero-order valence-corrected chi connectivity index (χ0v) is 10.9. The maximum absolute atomic E-state index is 5.70. The van der Waals surface area contributed by atoms with Crippen molar-refractivity contribution < 1.29 is 0 Å². The quantitative estimate of drug-likeness (QED) is 0.864. The summed E-state index contributed by atoms with van der Waals surface area (Å²) in [5, 5.41) is 8.12. The Morgan fingerprint density at radius 3 is 2.62 bits per heavy atom. The molecule has 0 bridgehead atoms. The lowest BCUT2D eigenvalue weighted by molar-refractivity contribution is 0.693. The molecule has 0 aliphatic carbocycles. The van der Waals surface area contributed by atoms with Crippen LogP contribution < -0.4 is 5.32 Å². The first-order valence-corrected chi connectivity index (χ1v) is 5.99. The molecule has 0 saturated heterocycles. The third-order valence-corrected chi connectivity index (χ3v) is 2.98. The van der Waals surface area contributed by atoms with E-state index in [1.165, 1.54) is 5.56 Å². The number of halogens is 2. The molecule has 0 atom stereocenters. The van der Waals surface area contributed by atoms with Gasteiger partial charge in [0.05, 0.1) is 0 Å². The first-order chi connectivity index (χ1) is 7.34. The van der Waals surface area contributed by atoms with Crippen LogP contribution in [0, 0.1) is 0 Å². The van der Waals surface area contributed by atoms with Crippen LogP contribution in [0.15, 0.2) is 35.2 Å². The molecule has 0 fully saturated rings. The molecule has 2 aromatic heterocycles. The fourth-order valence-electron chi connectivity index (χ4n) is 1.26. The summed E-state index contributed by atoms with van der Waals surface area (Å²) in [5.41, 5.74) is 2.47. The van der Waals surface area contributed by atoms with Crippen molar-refractivity contribution in [2.75, 3.05) is 0 Å². The fraction of sp³-hybridized carbons (Fsp3) is 0.182. The topological polar surface area (TPSA) is 24.9 Å². The van der Waals surface area contributed by atoms with Crippen molar-refractivity contribution in [3.8, 4) is 0 Å². The minimum atomic E-state index is 0. The Kier molecular flexibility index (Phi) is 5.77. The standard InChI is InChI=1S/C11H11ClN2S.ClH/c12-11-2-1-9(7-14-11)5-13-6-10-3-4-15-8-10;/h1-4,7-8,13H,5-6H2;1H. The molecule has 0 spiro atoms. The van der Waals surface area contributed by atoms with Gasteiger partial charge in [0.2, 0.25) is 0 Å². The molecule has 0 aromatic carbocycles. The number of hydrogen-bond donors (Lipinski definition) is 1. The van der Waals surface area contributed by atoms with E-state index in [2.05, 4.69) is 27.1 Å². The van der Waals surface area contributed by atoms with E-state index in [4.69, 9.17) is 11.6 Å². The predicted molar refractivity (Wildman–Crippen MR) is 71.4 cm³/mol. The van der Waals surface area contributed by atoms with Crippen LogP contribution in [0.4, 0.5) is 0 Å².